The fraction of sp³-hybridized carbons (Fsp3) is 0.889. The first-order valence-corrected chi connectivity index (χ1v) is 4.69. The number of nitrogens with zero attached hydrogens (tertiary/aromatic N) is 1. The van der Waals surface area contributed by atoms with Crippen LogP contribution in [0.1, 0.15) is 26.2 Å². The lowest BCUT2D eigenvalue weighted by Crippen LogP contribution is -2.24. The van der Waals surface area contributed by atoms with Gasteiger partial charge in [0.15, 0.2) is 0 Å². The van der Waals surface area contributed by atoms with Gasteiger partial charge < -0.3 is 10.0 Å². The molecular formula is C9H17NO2. The zero-order valence-electron chi connectivity index (χ0n) is 7.62. The SMILES string of the molecule is CCCCN1CCC(C(=O)O)C1. The van der Waals surface area contributed by atoms with Crippen LogP contribution in [0.25, 0.3) is 0 Å². The van der Waals surface area contributed by atoms with E-state index in [0.717, 1.165) is 26.1 Å². The van der Waals surface area contributed by atoms with Crippen molar-refractivity contribution < 1.29 is 9.90 Å². The molecule has 1 heterocycles. The van der Waals surface area contributed by atoms with Gasteiger partial charge in [0.2, 0.25) is 0 Å². The molecule has 0 spiro atoms. The van der Waals surface area contributed by atoms with Gasteiger partial charge in [-0.2, -0.15) is 0 Å². The first-order valence-electron chi connectivity index (χ1n) is 4.69. The summed E-state index contributed by atoms with van der Waals surface area (Å²) in [4.78, 5) is 12.8. The van der Waals surface area contributed by atoms with Crippen LogP contribution in [0, 0.1) is 5.92 Å². The van der Waals surface area contributed by atoms with E-state index in [4.69, 9.17) is 5.11 Å². The Hall–Kier alpha value is -0.570. The molecule has 0 bridgehead atoms. The fourth-order valence-electron chi connectivity index (χ4n) is 1.62. The molecule has 1 N–H and O–H groups in total. The monoisotopic (exact) mass is 171 g/mol. The molecule has 0 aromatic rings. The van der Waals surface area contributed by atoms with Gasteiger partial charge in [0.05, 0.1) is 5.92 Å². The van der Waals surface area contributed by atoms with E-state index in [9.17, 15) is 4.79 Å². The Morgan fingerprint density at radius 1 is 1.67 bits per heavy atom. The predicted molar refractivity (Wildman–Crippen MR) is 47.1 cm³/mol. The number of likely N-dealkylation sites (tertiary alicyclic amines) is 1. The average molecular weight is 171 g/mol. The predicted octanol–water partition coefficient (Wildman–Crippen LogP) is 1.19. The van der Waals surface area contributed by atoms with Crippen LogP contribution in [0.2, 0.25) is 0 Å². The van der Waals surface area contributed by atoms with Gasteiger partial charge in [0.1, 0.15) is 0 Å². The minimum absolute atomic E-state index is 0.109. The largest absolute Gasteiger partial charge is 0.481 e. The van der Waals surface area contributed by atoms with Gasteiger partial charge in [-0.05, 0) is 25.9 Å². The van der Waals surface area contributed by atoms with Gasteiger partial charge in [0, 0.05) is 6.54 Å². The van der Waals surface area contributed by atoms with Crippen molar-refractivity contribution in [3.8, 4) is 0 Å². The van der Waals surface area contributed by atoms with E-state index < -0.39 is 5.97 Å². The molecule has 1 atom stereocenters. The van der Waals surface area contributed by atoms with E-state index >= 15 is 0 Å². The minimum Gasteiger partial charge on any atom is -0.481 e. The van der Waals surface area contributed by atoms with E-state index in [1.54, 1.807) is 0 Å². The summed E-state index contributed by atoms with van der Waals surface area (Å²) in [5.74, 6) is -0.740. The van der Waals surface area contributed by atoms with E-state index in [1.165, 1.54) is 12.8 Å². The van der Waals surface area contributed by atoms with Crippen LogP contribution < -0.4 is 0 Å². The summed E-state index contributed by atoms with van der Waals surface area (Å²) in [6, 6.07) is 0. The fourth-order valence-corrected chi connectivity index (χ4v) is 1.62. The normalized spacial score (nSPS) is 24.6. The van der Waals surface area contributed by atoms with Crippen molar-refractivity contribution in [3.63, 3.8) is 0 Å². The van der Waals surface area contributed by atoms with Crippen LogP contribution in [-0.2, 0) is 4.79 Å². The molecule has 12 heavy (non-hydrogen) atoms. The molecule has 70 valence electrons. The van der Waals surface area contributed by atoms with Crippen molar-refractivity contribution in [2.75, 3.05) is 19.6 Å². The number of carbonyl (C=O) groups is 1. The highest BCUT2D eigenvalue weighted by Crippen LogP contribution is 2.16. The van der Waals surface area contributed by atoms with Gasteiger partial charge in [-0.3, -0.25) is 4.79 Å². The molecular weight excluding hydrogens is 154 g/mol. The van der Waals surface area contributed by atoms with Crippen molar-refractivity contribution in [1.29, 1.82) is 0 Å². The lowest BCUT2D eigenvalue weighted by molar-refractivity contribution is -0.141. The standard InChI is InChI=1S/C9H17NO2/c1-2-3-5-10-6-4-8(7-10)9(11)12/h8H,2-7H2,1H3,(H,11,12). The third-order valence-corrected chi connectivity index (χ3v) is 2.45. The van der Waals surface area contributed by atoms with E-state index in [-0.39, 0.29) is 5.92 Å². The molecule has 3 nitrogen and oxygen atoms in total. The van der Waals surface area contributed by atoms with Crippen LogP contribution in [0.15, 0.2) is 0 Å². The number of carboxylic acids is 1. The Balaban J connectivity index is 2.21. The highest BCUT2D eigenvalue weighted by molar-refractivity contribution is 5.70. The highest BCUT2D eigenvalue weighted by atomic mass is 16.4. The quantitative estimate of drug-likeness (QED) is 0.690. The van der Waals surface area contributed by atoms with Gasteiger partial charge in [0.25, 0.3) is 0 Å². The molecule has 0 saturated carbocycles. The average Bonchev–Trinajstić information content (AvgIpc) is 2.48. The molecule has 1 saturated heterocycles. The number of hydrogen-bond acceptors (Lipinski definition) is 2. The van der Waals surface area contributed by atoms with Crippen LogP contribution in [-0.4, -0.2) is 35.6 Å². The Kier molecular flexibility index (Phi) is 3.53. The number of unbranched alkanes of at least 4 members (excludes halogenated alkanes) is 1. The molecule has 0 aromatic heterocycles. The van der Waals surface area contributed by atoms with Crippen molar-refractivity contribution in [2.45, 2.75) is 26.2 Å². The Morgan fingerprint density at radius 2 is 2.42 bits per heavy atom. The second-order valence-corrected chi connectivity index (χ2v) is 3.48. The van der Waals surface area contributed by atoms with Gasteiger partial charge in [-0.15, -0.1) is 0 Å². The first kappa shape index (κ1) is 9.52. The summed E-state index contributed by atoms with van der Waals surface area (Å²) in [6.07, 6.45) is 3.21. The van der Waals surface area contributed by atoms with Gasteiger partial charge in [-0.25, -0.2) is 0 Å². The molecule has 0 radical (unpaired) electrons. The Morgan fingerprint density at radius 3 is 2.92 bits per heavy atom. The van der Waals surface area contributed by atoms with E-state index in [1.807, 2.05) is 0 Å². The molecule has 0 aliphatic carbocycles. The van der Waals surface area contributed by atoms with Crippen LogP contribution in [0.5, 0.6) is 0 Å². The second-order valence-electron chi connectivity index (χ2n) is 3.48. The van der Waals surface area contributed by atoms with Crippen LogP contribution >= 0.6 is 0 Å². The summed E-state index contributed by atoms with van der Waals surface area (Å²) in [5.41, 5.74) is 0. The van der Waals surface area contributed by atoms with Gasteiger partial charge in [-0.1, -0.05) is 13.3 Å². The lowest BCUT2D eigenvalue weighted by atomic mass is 10.1. The Labute approximate surface area is 73.4 Å². The maximum Gasteiger partial charge on any atom is 0.307 e. The summed E-state index contributed by atoms with van der Waals surface area (Å²) < 4.78 is 0. The summed E-state index contributed by atoms with van der Waals surface area (Å²) in [7, 11) is 0. The van der Waals surface area contributed by atoms with Crippen molar-refractivity contribution in [1.82, 2.24) is 4.90 Å². The van der Waals surface area contributed by atoms with Crippen molar-refractivity contribution >= 4 is 5.97 Å². The summed E-state index contributed by atoms with van der Waals surface area (Å²) in [6.45, 7) is 4.96. The van der Waals surface area contributed by atoms with Crippen LogP contribution in [0.4, 0.5) is 0 Å². The van der Waals surface area contributed by atoms with Gasteiger partial charge >= 0.3 is 5.97 Å². The minimum atomic E-state index is -0.631. The molecule has 1 unspecified atom stereocenters. The van der Waals surface area contributed by atoms with Crippen molar-refractivity contribution in [3.05, 3.63) is 0 Å². The maximum atomic E-state index is 10.6. The topological polar surface area (TPSA) is 40.5 Å². The van der Waals surface area contributed by atoms with E-state index in [0.29, 0.717) is 0 Å². The Bertz CT molecular complexity index is 159. The maximum absolute atomic E-state index is 10.6. The molecule has 1 fully saturated rings. The molecule has 1 aliphatic rings. The van der Waals surface area contributed by atoms with Crippen LogP contribution in [0.3, 0.4) is 0 Å². The number of rotatable bonds is 4. The lowest BCUT2D eigenvalue weighted by Gasteiger charge is -2.13. The molecule has 3 heteroatoms. The third-order valence-electron chi connectivity index (χ3n) is 2.45. The molecule has 0 aromatic carbocycles. The smallest absolute Gasteiger partial charge is 0.307 e. The number of hydrogen-bond donors (Lipinski definition) is 1. The summed E-state index contributed by atoms with van der Waals surface area (Å²) in [5, 5.41) is 8.73. The molecule has 1 aliphatic heterocycles. The van der Waals surface area contributed by atoms with Crippen molar-refractivity contribution in [2.24, 2.45) is 5.92 Å². The third kappa shape index (κ3) is 2.48. The number of carboxylic acid groups (broad SMARTS) is 1. The molecule has 1 rings (SSSR count). The van der Waals surface area contributed by atoms with E-state index in [2.05, 4.69) is 11.8 Å². The summed E-state index contributed by atoms with van der Waals surface area (Å²) >= 11 is 0. The second kappa shape index (κ2) is 4.45. The number of aliphatic carboxylic acids is 1. The molecule has 0 amide bonds. The zero-order valence-corrected chi connectivity index (χ0v) is 7.62. The highest BCUT2D eigenvalue weighted by Gasteiger charge is 2.26. The first-order chi connectivity index (χ1) is 5.74. The zero-order chi connectivity index (χ0) is 8.97.